The predicted octanol–water partition coefficient (Wildman–Crippen LogP) is 3.32. The molecule has 0 atom stereocenters. The highest BCUT2D eigenvalue weighted by molar-refractivity contribution is 6.07. The topological polar surface area (TPSA) is 106 Å². The van der Waals surface area contributed by atoms with E-state index in [-0.39, 0.29) is 25.0 Å². The molecule has 3 amide bonds. The molecule has 4 rings (SSSR count). The lowest BCUT2D eigenvalue weighted by Gasteiger charge is -2.28. The Morgan fingerprint density at radius 2 is 1.53 bits per heavy atom. The van der Waals surface area contributed by atoms with Crippen LogP contribution in [-0.2, 0) is 9.59 Å². The quantitative estimate of drug-likeness (QED) is 0.559. The number of methoxy groups -OCH3 is 2. The monoisotopic (exact) mass is 461 g/mol. The highest BCUT2D eigenvalue weighted by atomic mass is 16.5. The Morgan fingerprint density at radius 1 is 0.912 bits per heavy atom. The molecule has 9 heteroatoms. The van der Waals surface area contributed by atoms with Crippen LogP contribution in [0.3, 0.4) is 0 Å². The Balaban J connectivity index is 1.53. The van der Waals surface area contributed by atoms with Gasteiger partial charge in [0, 0.05) is 17.7 Å². The van der Waals surface area contributed by atoms with Crippen LogP contribution in [0.2, 0.25) is 0 Å². The first kappa shape index (κ1) is 22.7. The van der Waals surface area contributed by atoms with E-state index in [2.05, 4.69) is 10.6 Å². The van der Waals surface area contributed by atoms with Gasteiger partial charge >= 0.3 is 0 Å². The molecule has 1 aliphatic rings. The molecule has 9 nitrogen and oxygen atoms in total. The number of amides is 3. The molecule has 0 bridgehead atoms. The van der Waals surface area contributed by atoms with E-state index in [1.807, 2.05) is 6.07 Å². The molecule has 3 aromatic rings. The van der Waals surface area contributed by atoms with Gasteiger partial charge in [-0.1, -0.05) is 30.3 Å². The lowest BCUT2D eigenvalue weighted by molar-refractivity contribution is -0.123. The minimum absolute atomic E-state index is 0.142. The zero-order valence-electron chi connectivity index (χ0n) is 18.7. The minimum Gasteiger partial charge on any atom is -0.494 e. The van der Waals surface area contributed by atoms with Crippen LogP contribution in [0.4, 0.5) is 17.1 Å². The van der Waals surface area contributed by atoms with Crippen LogP contribution in [0.25, 0.3) is 0 Å². The summed E-state index contributed by atoms with van der Waals surface area (Å²) in [6, 6.07) is 18.9. The number of carbonyl (C=O) groups is 3. The van der Waals surface area contributed by atoms with Gasteiger partial charge in [0.2, 0.25) is 5.91 Å². The number of hydrogen-bond donors (Lipinski definition) is 2. The van der Waals surface area contributed by atoms with Crippen LogP contribution in [-0.4, -0.2) is 45.1 Å². The number of benzene rings is 3. The van der Waals surface area contributed by atoms with E-state index in [1.165, 1.54) is 19.1 Å². The molecular formula is C25H23N3O6. The standard InChI is InChI=1S/C25H23N3O6/c1-32-21-13-18(27-25(31)16-8-4-3-5-9-16)22(33-2)12-17(21)26-23(29)14-28-19-10-6-7-11-20(19)34-15-24(28)30/h3-13H,14-15H2,1-2H3,(H,26,29)(H,27,31). The molecule has 0 aliphatic carbocycles. The van der Waals surface area contributed by atoms with Gasteiger partial charge in [-0.2, -0.15) is 0 Å². The van der Waals surface area contributed by atoms with Crippen molar-refractivity contribution in [2.75, 3.05) is 42.9 Å². The van der Waals surface area contributed by atoms with E-state index < -0.39 is 5.91 Å². The summed E-state index contributed by atoms with van der Waals surface area (Å²) >= 11 is 0. The molecule has 0 radical (unpaired) electrons. The van der Waals surface area contributed by atoms with Gasteiger partial charge in [0.25, 0.3) is 11.8 Å². The summed E-state index contributed by atoms with van der Waals surface area (Å²) in [7, 11) is 2.90. The Kier molecular flexibility index (Phi) is 6.63. The van der Waals surface area contributed by atoms with Crippen molar-refractivity contribution in [2.24, 2.45) is 0 Å². The van der Waals surface area contributed by atoms with Crippen molar-refractivity contribution >= 4 is 34.8 Å². The third-order valence-electron chi connectivity index (χ3n) is 5.19. The molecule has 0 saturated carbocycles. The third kappa shape index (κ3) is 4.78. The highest BCUT2D eigenvalue weighted by Crippen LogP contribution is 2.37. The molecule has 0 aromatic heterocycles. The highest BCUT2D eigenvalue weighted by Gasteiger charge is 2.27. The third-order valence-corrected chi connectivity index (χ3v) is 5.19. The molecule has 174 valence electrons. The van der Waals surface area contributed by atoms with E-state index >= 15 is 0 Å². The minimum atomic E-state index is -0.438. The SMILES string of the molecule is COc1cc(NC(=O)c2ccccc2)c(OC)cc1NC(=O)CN1C(=O)COc2ccccc21. The summed E-state index contributed by atoms with van der Waals surface area (Å²) in [6.45, 7) is -0.353. The van der Waals surface area contributed by atoms with Crippen LogP contribution < -0.4 is 29.7 Å². The first-order valence-corrected chi connectivity index (χ1v) is 10.4. The first-order chi connectivity index (χ1) is 16.5. The van der Waals surface area contributed by atoms with Gasteiger partial charge in [-0.15, -0.1) is 0 Å². The number of nitrogens with zero attached hydrogens (tertiary/aromatic N) is 1. The number of ether oxygens (including phenoxy) is 3. The van der Waals surface area contributed by atoms with Crippen LogP contribution in [0.5, 0.6) is 17.2 Å². The molecule has 1 aliphatic heterocycles. The second kappa shape index (κ2) is 9.95. The van der Waals surface area contributed by atoms with Crippen molar-refractivity contribution in [3.05, 3.63) is 72.3 Å². The summed E-state index contributed by atoms with van der Waals surface area (Å²) < 4.78 is 16.2. The van der Waals surface area contributed by atoms with E-state index in [4.69, 9.17) is 14.2 Å². The van der Waals surface area contributed by atoms with Crippen molar-refractivity contribution in [1.29, 1.82) is 0 Å². The van der Waals surface area contributed by atoms with Crippen molar-refractivity contribution < 1.29 is 28.6 Å². The van der Waals surface area contributed by atoms with Gasteiger partial charge in [-0.25, -0.2) is 0 Å². The van der Waals surface area contributed by atoms with Gasteiger partial charge in [-0.3, -0.25) is 19.3 Å². The number of carbonyl (C=O) groups excluding carboxylic acids is 3. The Labute approximate surface area is 196 Å². The van der Waals surface area contributed by atoms with Crippen LogP contribution in [0.15, 0.2) is 66.7 Å². The molecule has 0 unspecified atom stereocenters. The number of para-hydroxylation sites is 2. The Bertz CT molecular complexity index is 1230. The van der Waals surface area contributed by atoms with Gasteiger partial charge in [0.15, 0.2) is 6.61 Å². The molecule has 1 heterocycles. The number of hydrogen-bond acceptors (Lipinski definition) is 6. The maximum absolute atomic E-state index is 12.8. The summed E-state index contributed by atoms with van der Waals surface area (Å²) in [5.41, 5.74) is 1.72. The van der Waals surface area contributed by atoms with Crippen molar-refractivity contribution in [1.82, 2.24) is 0 Å². The smallest absolute Gasteiger partial charge is 0.265 e. The Morgan fingerprint density at radius 3 is 2.21 bits per heavy atom. The summed E-state index contributed by atoms with van der Waals surface area (Å²) in [6.07, 6.45) is 0. The van der Waals surface area contributed by atoms with E-state index in [0.29, 0.717) is 39.9 Å². The number of rotatable bonds is 7. The molecule has 3 aromatic carbocycles. The summed E-state index contributed by atoms with van der Waals surface area (Å²) in [5, 5.41) is 5.55. The van der Waals surface area contributed by atoms with Gasteiger partial charge in [0.05, 0.1) is 31.3 Å². The van der Waals surface area contributed by atoms with Crippen LogP contribution in [0.1, 0.15) is 10.4 Å². The number of anilines is 3. The van der Waals surface area contributed by atoms with Crippen molar-refractivity contribution in [3.8, 4) is 17.2 Å². The van der Waals surface area contributed by atoms with E-state index in [1.54, 1.807) is 60.7 Å². The first-order valence-electron chi connectivity index (χ1n) is 10.4. The lowest BCUT2D eigenvalue weighted by atomic mass is 10.2. The molecule has 0 saturated heterocycles. The summed E-state index contributed by atoms with van der Waals surface area (Å²) in [4.78, 5) is 39.1. The fourth-order valence-electron chi connectivity index (χ4n) is 3.54. The average Bonchev–Trinajstić information content (AvgIpc) is 2.86. The Hall–Kier alpha value is -4.53. The largest absolute Gasteiger partial charge is 0.494 e. The lowest BCUT2D eigenvalue weighted by Crippen LogP contribution is -2.43. The molecule has 34 heavy (non-hydrogen) atoms. The zero-order chi connectivity index (χ0) is 24.1. The van der Waals surface area contributed by atoms with Crippen molar-refractivity contribution in [2.45, 2.75) is 0 Å². The maximum atomic E-state index is 12.8. The number of nitrogens with one attached hydrogen (secondary N) is 2. The molecule has 2 N–H and O–H groups in total. The fourth-order valence-corrected chi connectivity index (χ4v) is 3.54. The van der Waals surface area contributed by atoms with Crippen LogP contribution >= 0.6 is 0 Å². The van der Waals surface area contributed by atoms with E-state index in [9.17, 15) is 14.4 Å². The van der Waals surface area contributed by atoms with E-state index in [0.717, 1.165) is 0 Å². The molecular weight excluding hydrogens is 438 g/mol. The number of fused-ring (bicyclic) bond motifs is 1. The summed E-state index contributed by atoms with van der Waals surface area (Å²) in [5.74, 6) is 0.0955. The van der Waals surface area contributed by atoms with Gasteiger partial charge in [0.1, 0.15) is 23.8 Å². The average molecular weight is 461 g/mol. The zero-order valence-corrected chi connectivity index (χ0v) is 18.7. The second-order valence-corrected chi connectivity index (χ2v) is 7.36. The van der Waals surface area contributed by atoms with Gasteiger partial charge < -0.3 is 24.8 Å². The van der Waals surface area contributed by atoms with Crippen LogP contribution in [0, 0.1) is 0 Å². The normalized spacial score (nSPS) is 12.3. The second-order valence-electron chi connectivity index (χ2n) is 7.36. The predicted molar refractivity (Wildman–Crippen MR) is 127 cm³/mol. The fraction of sp³-hybridized carbons (Fsp3) is 0.160. The maximum Gasteiger partial charge on any atom is 0.265 e. The van der Waals surface area contributed by atoms with Gasteiger partial charge in [-0.05, 0) is 24.3 Å². The van der Waals surface area contributed by atoms with Crippen molar-refractivity contribution in [3.63, 3.8) is 0 Å². The molecule has 0 fully saturated rings. The molecule has 0 spiro atoms.